The quantitative estimate of drug-likeness (QED) is 0.794. The zero-order valence-electron chi connectivity index (χ0n) is 14.7. The third-order valence-electron chi connectivity index (χ3n) is 3.97. The largest absolute Gasteiger partial charge is 0.484 e. The second kappa shape index (κ2) is 9.01. The van der Waals surface area contributed by atoms with E-state index in [2.05, 4.69) is 24.9 Å². The van der Waals surface area contributed by atoms with Crippen molar-refractivity contribution < 1.29 is 22.6 Å². The fraction of sp³-hybridized carbons (Fsp3) is 0.444. The standard InChI is InChI=1S/C18H21F3N4O2/c19-18(20,21)13-27-16-3-1-14(2-4-16)9-22-10-15-11-23-17(24-12-15)25-5-7-26-8-6-25/h1-4,11-12,22H,5-10,13H2. The molecule has 1 aliphatic rings. The number of nitrogens with one attached hydrogen (secondary N) is 1. The lowest BCUT2D eigenvalue weighted by atomic mass is 10.2. The third-order valence-corrected chi connectivity index (χ3v) is 3.97. The highest BCUT2D eigenvalue weighted by atomic mass is 19.4. The first kappa shape index (κ1) is 19.4. The van der Waals surface area contributed by atoms with Crippen LogP contribution in [0.15, 0.2) is 36.7 Å². The maximum Gasteiger partial charge on any atom is 0.422 e. The van der Waals surface area contributed by atoms with Gasteiger partial charge in [0.25, 0.3) is 0 Å². The topological polar surface area (TPSA) is 59.5 Å². The Morgan fingerprint density at radius 2 is 1.63 bits per heavy atom. The lowest BCUT2D eigenvalue weighted by Gasteiger charge is -2.26. The van der Waals surface area contributed by atoms with Crippen LogP contribution in [0.5, 0.6) is 5.75 Å². The molecule has 2 aromatic rings. The van der Waals surface area contributed by atoms with Crippen LogP contribution in [0.25, 0.3) is 0 Å². The highest BCUT2D eigenvalue weighted by Crippen LogP contribution is 2.19. The van der Waals surface area contributed by atoms with Crippen molar-refractivity contribution in [3.8, 4) is 5.75 Å². The summed E-state index contributed by atoms with van der Waals surface area (Å²) in [6, 6.07) is 6.53. The molecule has 0 atom stereocenters. The number of morpholine rings is 1. The van der Waals surface area contributed by atoms with E-state index < -0.39 is 12.8 Å². The van der Waals surface area contributed by atoms with Gasteiger partial charge in [-0.2, -0.15) is 13.2 Å². The first-order chi connectivity index (χ1) is 13.0. The summed E-state index contributed by atoms with van der Waals surface area (Å²) in [4.78, 5) is 10.9. The molecule has 1 aromatic carbocycles. The van der Waals surface area contributed by atoms with Crippen molar-refractivity contribution in [3.05, 3.63) is 47.8 Å². The minimum atomic E-state index is -4.33. The van der Waals surface area contributed by atoms with Crippen molar-refractivity contribution in [3.63, 3.8) is 0 Å². The molecule has 146 valence electrons. The summed E-state index contributed by atoms with van der Waals surface area (Å²) in [6.07, 6.45) is -0.753. The summed E-state index contributed by atoms with van der Waals surface area (Å²) in [5.41, 5.74) is 1.90. The molecule has 0 unspecified atom stereocenters. The Hall–Kier alpha value is -2.39. The van der Waals surface area contributed by atoms with Crippen LogP contribution in [0, 0.1) is 0 Å². The number of hydrogen-bond acceptors (Lipinski definition) is 6. The van der Waals surface area contributed by atoms with Crippen molar-refractivity contribution >= 4 is 5.95 Å². The summed E-state index contributed by atoms with van der Waals surface area (Å²) >= 11 is 0. The van der Waals surface area contributed by atoms with Crippen LogP contribution in [0.1, 0.15) is 11.1 Å². The van der Waals surface area contributed by atoms with Gasteiger partial charge in [0.15, 0.2) is 6.61 Å². The predicted molar refractivity (Wildman–Crippen MR) is 93.6 cm³/mol. The van der Waals surface area contributed by atoms with E-state index in [1.165, 1.54) is 12.1 Å². The highest BCUT2D eigenvalue weighted by molar-refractivity contribution is 5.30. The zero-order chi connectivity index (χ0) is 19.1. The molecule has 0 amide bonds. The van der Waals surface area contributed by atoms with Gasteiger partial charge in [-0.1, -0.05) is 12.1 Å². The molecule has 3 rings (SSSR count). The fourth-order valence-corrected chi connectivity index (χ4v) is 2.59. The van der Waals surface area contributed by atoms with Crippen LogP contribution in [-0.4, -0.2) is 49.1 Å². The molecule has 1 fully saturated rings. The first-order valence-electron chi connectivity index (χ1n) is 8.62. The Bertz CT molecular complexity index is 702. The van der Waals surface area contributed by atoms with E-state index in [-0.39, 0.29) is 5.75 Å². The molecule has 1 saturated heterocycles. The monoisotopic (exact) mass is 382 g/mol. The molecule has 0 radical (unpaired) electrons. The summed E-state index contributed by atoms with van der Waals surface area (Å²) in [5.74, 6) is 0.902. The van der Waals surface area contributed by atoms with Crippen LogP contribution < -0.4 is 15.0 Å². The Morgan fingerprint density at radius 1 is 1.00 bits per heavy atom. The molecular weight excluding hydrogens is 361 g/mol. The smallest absolute Gasteiger partial charge is 0.422 e. The molecular formula is C18H21F3N4O2. The van der Waals surface area contributed by atoms with Crippen LogP contribution in [0.3, 0.4) is 0 Å². The molecule has 6 nitrogen and oxygen atoms in total. The normalized spacial score (nSPS) is 15.0. The summed E-state index contributed by atoms with van der Waals surface area (Å²) in [7, 11) is 0. The van der Waals surface area contributed by atoms with Crippen molar-refractivity contribution in [1.29, 1.82) is 0 Å². The van der Waals surface area contributed by atoms with E-state index in [0.29, 0.717) is 32.3 Å². The van der Waals surface area contributed by atoms with Crippen molar-refractivity contribution in [2.45, 2.75) is 19.3 Å². The maximum atomic E-state index is 12.1. The number of benzene rings is 1. The second-order valence-corrected chi connectivity index (χ2v) is 6.14. The van der Waals surface area contributed by atoms with Gasteiger partial charge in [-0.3, -0.25) is 0 Å². The Kier molecular flexibility index (Phi) is 6.46. The number of alkyl halides is 3. The molecule has 0 saturated carbocycles. The van der Waals surface area contributed by atoms with Crippen LogP contribution in [0.2, 0.25) is 0 Å². The lowest BCUT2D eigenvalue weighted by Crippen LogP contribution is -2.37. The predicted octanol–water partition coefficient (Wildman–Crippen LogP) is 2.54. The zero-order valence-corrected chi connectivity index (χ0v) is 14.7. The fourth-order valence-electron chi connectivity index (χ4n) is 2.59. The van der Waals surface area contributed by atoms with E-state index in [9.17, 15) is 13.2 Å². The number of hydrogen-bond donors (Lipinski definition) is 1. The van der Waals surface area contributed by atoms with Gasteiger partial charge >= 0.3 is 6.18 Å². The van der Waals surface area contributed by atoms with Gasteiger partial charge in [-0.15, -0.1) is 0 Å². The minimum Gasteiger partial charge on any atom is -0.484 e. The van der Waals surface area contributed by atoms with E-state index >= 15 is 0 Å². The van der Waals surface area contributed by atoms with Crippen LogP contribution >= 0.6 is 0 Å². The van der Waals surface area contributed by atoms with Crippen molar-refractivity contribution in [1.82, 2.24) is 15.3 Å². The van der Waals surface area contributed by atoms with Crippen molar-refractivity contribution in [2.24, 2.45) is 0 Å². The van der Waals surface area contributed by atoms with Crippen LogP contribution in [-0.2, 0) is 17.8 Å². The average molecular weight is 382 g/mol. The van der Waals surface area contributed by atoms with Gasteiger partial charge in [-0.25, -0.2) is 9.97 Å². The minimum absolute atomic E-state index is 0.197. The average Bonchev–Trinajstić information content (AvgIpc) is 2.68. The number of nitrogens with zero attached hydrogens (tertiary/aromatic N) is 3. The molecule has 2 heterocycles. The van der Waals surface area contributed by atoms with Crippen molar-refractivity contribution in [2.75, 3.05) is 37.8 Å². The Morgan fingerprint density at radius 3 is 2.26 bits per heavy atom. The molecule has 9 heteroatoms. The highest BCUT2D eigenvalue weighted by Gasteiger charge is 2.28. The first-order valence-corrected chi connectivity index (χ1v) is 8.62. The number of halogens is 3. The molecule has 1 aliphatic heterocycles. The van der Waals surface area contributed by atoms with E-state index in [4.69, 9.17) is 4.74 Å². The number of rotatable bonds is 7. The number of aromatic nitrogens is 2. The van der Waals surface area contributed by atoms with Gasteiger partial charge in [0.1, 0.15) is 5.75 Å². The van der Waals surface area contributed by atoms with E-state index in [1.807, 2.05) is 0 Å². The Labute approximate surface area is 155 Å². The van der Waals surface area contributed by atoms with E-state index in [0.717, 1.165) is 24.2 Å². The maximum absolute atomic E-state index is 12.1. The third kappa shape index (κ3) is 6.37. The lowest BCUT2D eigenvalue weighted by molar-refractivity contribution is -0.153. The summed E-state index contributed by atoms with van der Waals surface area (Å²) in [5, 5.41) is 3.26. The molecule has 1 N–H and O–H groups in total. The molecule has 0 spiro atoms. The molecule has 27 heavy (non-hydrogen) atoms. The van der Waals surface area contributed by atoms with Crippen LogP contribution in [0.4, 0.5) is 19.1 Å². The molecule has 0 bridgehead atoms. The van der Waals surface area contributed by atoms with Gasteiger partial charge in [-0.05, 0) is 17.7 Å². The Balaban J connectivity index is 1.42. The van der Waals surface area contributed by atoms with Gasteiger partial charge in [0, 0.05) is 44.1 Å². The van der Waals surface area contributed by atoms with Gasteiger partial charge < -0.3 is 19.7 Å². The van der Waals surface area contributed by atoms with Gasteiger partial charge in [0.05, 0.1) is 13.2 Å². The SMILES string of the molecule is FC(F)(F)COc1ccc(CNCc2cnc(N3CCOCC3)nc2)cc1. The molecule has 1 aromatic heterocycles. The van der Waals surface area contributed by atoms with Gasteiger partial charge in [0.2, 0.25) is 5.95 Å². The second-order valence-electron chi connectivity index (χ2n) is 6.14. The van der Waals surface area contributed by atoms with E-state index in [1.54, 1.807) is 24.5 Å². The number of ether oxygens (including phenoxy) is 2. The molecule has 0 aliphatic carbocycles. The summed E-state index contributed by atoms with van der Waals surface area (Å²) in [6.45, 7) is 2.84. The summed E-state index contributed by atoms with van der Waals surface area (Å²) < 4.78 is 46.4. The number of anilines is 1.